The molecule has 3 N–H and O–H groups in total. The molecule has 0 radical (unpaired) electrons. The van der Waals surface area contributed by atoms with E-state index in [0.717, 1.165) is 0 Å². The third kappa shape index (κ3) is 5.65. The third-order valence-electron chi connectivity index (χ3n) is 4.11. The molecule has 3 aromatic rings. The first-order valence-electron chi connectivity index (χ1n) is 9.32. The van der Waals surface area contributed by atoms with Crippen molar-refractivity contribution in [1.82, 2.24) is 15.3 Å². The van der Waals surface area contributed by atoms with Gasteiger partial charge in [-0.25, -0.2) is 4.98 Å². The molecule has 0 atom stereocenters. The monoisotopic (exact) mass is 394 g/mol. The van der Waals surface area contributed by atoms with Gasteiger partial charge in [-0.1, -0.05) is 18.2 Å². The number of benzene rings is 2. The van der Waals surface area contributed by atoms with Gasteiger partial charge in [0.05, 0.1) is 10.9 Å². The van der Waals surface area contributed by atoms with Crippen molar-refractivity contribution < 1.29 is 14.3 Å². The number of nitrogens with zero attached hydrogens (tertiary/aromatic N) is 1. The van der Waals surface area contributed by atoms with Crippen molar-refractivity contribution in [3.63, 3.8) is 0 Å². The summed E-state index contributed by atoms with van der Waals surface area (Å²) in [5, 5.41) is 5.94. The Kier molecular flexibility index (Phi) is 6.57. The maximum atomic E-state index is 12.3. The molecule has 29 heavy (non-hydrogen) atoms. The van der Waals surface area contributed by atoms with Crippen LogP contribution in [0.4, 0.5) is 5.69 Å². The molecule has 2 aromatic carbocycles. The van der Waals surface area contributed by atoms with Crippen molar-refractivity contribution in [1.29, 1.82) is 0 Å². The van der Waals surface area contributed by atoms with Crippen molar-refractivity contribution in [2.24, 2.45) is 0 Å². The predicted molar refractivity (Wildman–Crippen MR) is 110 cm³/mol. The molecule has 0 saturated heterocycles. The number of aromatic amines is 1. The molecule has 0 aliphatic heterocycles. The summed E-state index contributed by atoms with van der Waals surface area (Å²) in [7, 11) is 0. The Labute approximate surface area is 167 Å². The van der Waals surface area contributed by atoms with E-state index < -0.39 is 0 Å². The van der Waals surface area contributed by atoms with Gasteiger partial charge in [0.25, 0.3) is 11.5 Å². The molecule has 0 spiro atoms. The minimum absolute atomic E-state index is 0.0910. The Bertz CT molecular complexity index is 1080. The molecule has 0 fully saturated rings. The zero-order chi connectivity index (χ0) is 20.6. The fraction of sp³-hybridized carbons (Fsp3) is 0.238. The van der Waals surface area contributed by atoms with Crippen LogP contribution < -0.4 is 20.9 Å². The number of amides is 2. The van der Waals surface area contributed by atoms with E-state index in [1.807, 2.05) is 13.0 Å². The van der Waals surface area contributed by atoms with Crippen LogP contribution in [0, 0.1) is 0 Å². The van der Waals surface area contributed by atoms with Gasteiger partial charge in [0.2, 0.25) is 5.91 Å². The van der Waals surface area contributed by atoms with Gasteiger partial charge in [0.1, 0.15) is 11.6 Å². The number of carbonyl (C=O) groups is 2. The number of aryl methyl sites for hydroxylation is 1. The van der Waals surface area contributed by atoms with E-state index in [1.165, 1.54) is 0 Å². The van der Waals surface area contributed by atoms with Crippen LogP contribution in [0.3, 0.4) is 0 Å². The maximum absolute atomic E-state index is 12.3. The second-order valence-corrected chi connectivity index (χ2v) is 6.35. The average molecular weight is 394 g/mol. The van der Waals surface area contributed by atoms with Crippen molar-refractivity contribution >= 4 is 28.4 Å². The van der Waals surface area contributed by atoms with Gasteiger partial charge in [0, 0.05) is 31.1 Å². The summed E-state index contributed by atoms with van der Waals surface area (Å²) in [4.78, 5) is 42.9. The van der Waals surface area contributed by atoms with Crippen LogP contribution in [-0.2, 0) is 16.0 Å². The molecular weight excluding hydrogens is 372 g/mol. The number of para-hydroxylation sites is 1. The summed E-state index contributed by atoms with van der Waals surface area (Å²) < 4.78 is 5.41. The van der Waals surface area contributed by atoms with E-state index in [4.69, 9.17) is 4.74 Å². The van der Waals surface area contributed by atoms with Crippen LogP contribution in [-0.4, -0.2) is 34.9 Å². The first kappa shape index (κ1) is 20.1. The molecule has 0 aliphatic rings. The summed E-state index contributed by atoms with van der Waals surface area (Å²) in [6.07, 6.45) is 0.463. The number of nitrogens with one attached hydrogen (secondary N) is 3. The highest BCUT2D eigenvalue weighted by atomic mass is 16.5. The Hall–Kier alpha value is -3.68. The molecule has 0 aliphatic carbocycles. The molecular formula is C21H22N4O4. The molecule has 0 bridgehead atoms. The van der Waals surface area contributed by atoms with Crippen molar-refractivity contribution in [3.05, 3.63) is 64.7 Å². The highest BCUT2D eigenvalue weighted by molar-refractivity contribution is 5.91. The standard InChI is InChI=1S/C21H22N4O4/c1-2-22-20(27)13-29-15-7-5-6-14(12-15)23-19(26)11-10-18-24-17-9-4-3-8-16(17)21(28)25-18/h3-9,12H,2,10-11,13H2,1H3,(H,22,27)(H,23,26)(H,24,25,28). The van der Waals surface area contributed by atoms with E-state index in [1.54, 1.807) is 42.5 Å². The number of anilines is 1. The van der Waals surface area contributed by atoms with Crippen molar-refractivity contribution in [2.75, 3.05) is 18.5 Å². The quantitative estimate of drug-likeness (QED) is 0.541. The summed E-state index contributed by atoms with van der Waals surface area (Å²) in [6.45, 7) is 2.28. The Morgan fingerprint density at radius 1 is 1.10 bits per heavy atom. The van der Waals surface area contributed by atoms with Crippen LogP contribution >= 0.6 is 0 Å². The second kappa shape index (κ2) is 9.50. The number of rotatable bonds is 8. The Morgan fingerprint density at radius 3 is 2.76 bits per heavy atom. The van der Waals surface area contributed by atoms with Gasteiger partial charge < -0.3 is 20.4 Å². The van der Waals surface area contributed by atoms with Crippen LogP contribution in [0.2, 0.25) is 0 Å². The SMILES string of the molecule is CCNC(=O)COc1cccc(NC(=O)CCc2nc3ccccc3c(=O)[nH]2)c1. The number of likely N-dealkylation sites (N-methyl/N-ethyl adjacent to an activating group) is 1. The van der Waals surface area contributed by atoms with E-state index in [9.17, 15) is 14.4 Å². The lowest BCUT2D eigenvalue weighted by atomic mass is 10.2. The van der Waals surface area contributed by atoms with Gasteiger partial charge in [-0.05, 0) is 31.2 Å². The van der Waals surface area contributed by atoms with Gasteiger partial charge in [-0.15, -0.1) is 0 Å². The topological polar surface area (TPSA) is 113 Å². The number of aromatic nitrogens is 2. The van der Waals surface area contributed by atoms with Gasteiger partial charge in [-0.3, -0.25) is 14.4 Å². The molecule has 150 valence electrons. The highest BCUT2D eigenvalue weighted by Gasteiger charge is 2.08. The fourth-order valence-corrected chi connectivity index (χ4v) is 2.77. The van der Waals surface area contributed by atoms with Crippen LogP contribution in [0.15, 0.2) is 53.3 Å². The first-order chi connectivity index (χ1) is 14.0. The van der Waals surface area contributed by atoms with E-state index >= 15 is 0 Å². The van der Waals surface area contributed by atoms with E-state index in [2.05, 4.69) is 20.6 Å². The van der Waals surface area contributed by atoms with E-state index in [-0.39, 0.29) is 30.4 Å². The zero-order valence-electron chi connectivity index (χ0n) is 16.0. The molecule has 0 unspecified atom stereocenters. The number of carbonyl (C=O) groups excluding carboxylic acids is 2. The largest absolute Gasteiger partial charge is 0.484 e. The molecule has 0 saturated carbocycles. The lowest BCUT2D eigenvalue weighted by molar-refractivity contribution is -0.123. The third-order valence-corrected chi connectivity index (χ3v) is 4.11. The molecule has 8 heteroatoms. The molecule has 8 nitrogen and oxygen atoms in total. The highest BCUT2D eigenvalue weighted by Crippen LogP contribution is 2.17. The maximum Gasteiger partial charge on any atom is 0.258 e. The van der Waals surface area contributed by atoms with Crippen LogP contribution in [0.25, 0.3) is 10.9 Å². The first-order valence-corrected chi connectivity index (χ1v) is 9.32. The Balaban J connectivity index is 1.56. The number of ether oxygens (including phenoxy) is 1. The minimum atomic E-state index is -0.221. The normalized spacial score (nSPS) is 10.5. The lowest BCUT2D eigenvalue weighted by Gasteiger charge is -2.09. The van der Waals surface area contributed by atoms with Crippen molar-refractivity contribution in [2.45, 2.75) is 19.8 Å². The molecule has 3 rings (SSSR count). The lowest BCUT2D eigenvalue weighted by Crippen LogP contribution is -2.28. The van der Waals surface area contributed by atoms with Gasteiger partial charge >= 0.3 is 0 Å². The smallest absolute Gasteiger partial charge is 0.258 e. The molecule has 2 amide bonds. The van der Waals surface area contributed by atoms with Crippen LogP contribution in [0.5, 0.6) is 5.75 Å². The number of hydrogen-bond acceptors (Lipinski definition) is 5. The zero-order valence-corrected chi connectivity index (χ0v) is 16.0. The number of fused-ring (bicyclic) bond motifs is 1. The molecule has 1 heterocycles. The van der Waals surface area contributed by atoms with Gasteiger partial charge in [0.15, 0.2) is 6.61 Å². The second-order valence-electron chi connectivity index (χ2n) is 6.35. The van der Waals surface area contributed by atoms with Crippen molar-refractivity contribution in [3.8, 4) is 5.75 Å². The molecule has 1 aromatic heterocycles. The number of hydrogen-bond donors (Lipinski definition) is 3. The summed E-state index contributed by atoms with van der Waals surface area (Å²) in [5.74, 6) is 0.512. The minimum Gasteiger partial charge on any atom is -0.484 e. The summed E-state index contributed by atoms with van der Waals surface area (Å²) >= 11 is 0. The van der Waals surface area contributed by atoms with E-state index in [0.29, 0.717) is 41.1 Å². The van der Waals surface area contributed by atoms with Crippen LogP contribution in [0.1, 0.15) is 19.2 Å². The summed E-state index contributed by atoms with van der Waals surface area (Å²) in [6, 6.07) is 13.9. The average Bonchev–Trinajstić information content (AvgIpc) is 2.71. The van der Waals surface area contributed by atoms with Gasteiger partial charge in [-0.2, -0.15) is 0 Å². The summed E-state index contributed by atoms with van der Waals surface area (Å²) in [5.41, 5.74) is 0.940. The Morgan fingerprint density at radius 2 is 1.93 bits per heavy atom. The predicted octanol–water partition coefficient (Wildman–Crippen LogP) is 2.01. The number of H-pyrrole nitrogens is 1. The fourth-order valence-electron chi connectivity index (χ4n) is 2.77.